The molecule has 2 aromatic carbocycles. The molecular weight excluding hydrogens is 311 g/mol. The number of aromatic nitrogens is 2. The Balaban J connectivity index is 1.83. The lowest BCUT2D eigenvalue weighted by Crippen LogP contribution is -1.99. The van der Waals surface area contributed by atoms with Gasteiger partial charge in [0, 0.05) is 16.0 Å². The van der Waals surface area contributed by atoms with Gasteiger partial charge in [-0.3, -0.25) is 0 Å². The van der Waals surface area contributed by atoms with Crippen molar-refractivity contribution in [1.29, 1.82) is 0 Å². The number of nitrogens with zero attached hydrogens (tertiary/aromatic N) is 2. The lowest BCUT2D eigenvalue weighted by Gasteiger charge is -2.09. The molecule has 3 rings (SSSR count). The number of rotatable bonds is 3. The monoisotopic (exact) mass is 321 g/mol. The minimum Gasteiger partial charge on any atom is -0.340 e. The Morgan fingerprint density at radius 2 is 1.64 bits per heavy atom. The van der Waals surface area contributed by atoms with Crippen LogP contribution >= 0.6 is 11.8 Å². The van der Waals surface area contributed by atoms with Crippen LogP contribution < -0.4 is 5.32 Å². The number of hydrogen-bond acceptors (Lipinski definition) is 4. The van der Waals surface area contributed by atoms with Crippen LogP contribution in [0.15, 0.2) is 59.8 Å². The Hall–Kier alpha value is -2.28. The maximum atomic E-state index is 12.3. The SMILES string of the molecule is FC(F)(F)Sc1ccc(Nc2ncnc3ccccc23)cc1. The van der Waals surface area contributed by atoms with Gasteiger partial charge in [0.15, 0.2) is 0 Å². The van der Waals surface area contributed by atoms with Gasteiger partial charge < -0.3 is 5.32 Å². The zero-order valence-electron chi connectivity index (χ0n) is 11.1. The number of hydrogen-bond donors (Lipinski definition) is 1. The molecule has 7 heteroatoms. The van der Waals surface area contributed by atoms with Crippen molar-refractivity contribution in [2.45, 2.75) is 10.4 Å². The van der Waals surface area contributed by atoms with Crippen LogP contribution in [0.2, 0.25) is 0 Å². The molecule has 0 aliphatic heterocycles. The van der Waals surface area contributed by atoms with E-state index in [0.717, 1.165) is 10.9 Å². The summed E-state index contributed by atoms with van der Waals surface area (Å²) in [6.45, 7) is 0. The Morgan fingerprint density at radius 3 is 2.36 bits per heavy atom. The number of alkyl halides is 3. The van der Waals surface area contributed by atoms with Gasteiger partial charge in [0.25, 0.3) is 0 Å². The molecule has 0 bridgehead atoms. The van der Waals surface area contributed by atoms with Crippen LogP contribution in [0.1, 0.15) is 0 Å². The molecule has 0 aliphatic carbocycles. The summed E-state index contributed by atoms with van der Waals surface area (Å²) >= 11 is -0.135. The minimum atomic E-state index is -4.28. The predicted molar refractivity (Wildman–Crippen MR) is 81.2 cm³/mol. The Labute approximate surface area is 128 Å². The number of para-hydroxylation sites is 1. The minimum absolute atomic E-state index is 0.135. The average Bonchev–Trinajstić information content (AvgIpc) is 2.48. The zero-order valence-corrected chi connectivity index (χ0v) is 11.9. The Morgan fingerprint density at radius 1 is 0.909 bits per heavy atom. The number of anilines is 2. The Bertz CT molecular complexity index is 783. The highest BCUT2D eigenvalue weighted by molar-refractivity contribution is 8.00. The summed E-state index contributed by atoms with van der Waals surface area (Å²) in [6, 6.07) is 13.5. The standard InChI is InChI=1S/C15H10F3N3S/c16-15(17,18)22-11-7-5-10(6-8-11)21-14-12-3-1-2-4-13(12)19-9-20-14/h1-9H,(H,19,20,21). The summed E-state index contributed by atoms with van der Waals surface area (Å²) < 4.78 is 36.9. The molecule has 1 N–H and O–H groups in total. The number of nitrogens with one attached hydrogen (secondary N) is 1. The van der Waals surface area contributed by atoms with Crippen molar-refractivity contribution in [1.82, 2.24) is 9.97 Å². The van der Waals surface area contributed by atoms with Crippen molar-refractivity contribution in [3.05, 3.63) is 54.9 Å². The second-order valence-corrected chi connectivity index (χ2v) is 5.58. The summed E-state index contributed by atoms with van der Waals surface area (Å²) in [5, 5.41) is 3.94. The molecule has 1 aromatic heterocycles. The summed E-state index contributed by atoms with van der Waals surface area (Å²) in [5.41, 5.74) is -2.82. The molecule has 0 unspecified atom stereocenters. The first kappa shape index (κ1) is 14.6. The van der Waals surface area contributed by atoms with Gasteiger partial charge in [-0.25, -0.2) is 9.97 Å². The smallest absolute Gasteiger partial charge is 0.340 e. The molecule has 112 valence electrons. The maximum Gasteiger partial charge on any atom is 0.446 e. The fourth-order valence-corrected chi connectivity index (χ4v) is 2.52. The molecule has 0 spiro atoms. The van der Waals surface area contributed by atoms with Crippen molar-refractivity contribution < 1.29 is 13.2 Å². The lowest BCUT2D eigenvalue weighted by molar-refractivity contribution is -0.0328. The predicted octanol–water partition coefficient (Wildman–Crippen LogP) is 4.99. The van der Waals surface area contributed by atoms with Crippen LogP contribution in [0.25, 0.3) is 10.9 Å². The van der Waals surface area contributed by atoms with E-state index in [0.29, 0.717) is 11.5 Å². The molecular formula is C15H10F3N3S. The van der Waals surface area contributed by atoms with Crippen LogP contribution in [-0.4, -0.2) is 15.5 Å². The normalized spacial score (nSPS) is 11.6. The van der Waals surface area contributed by atoms with E-state index in [1.54, 1.807) is 12.1 Å². The van der Waals surface area contributed by atoms with E-state index < -0.39 is 5.51 Å². The maximum absolute atomic E-state index is 12.3. The van der Waals surface area contributed by atoms with E-state index in [4.69, 9.17) is 0 Å². The van der Waals surface area contributed by atoms with Gasteiger partial charge in [0.05, 0.1) is 5.52 Å². The number of benzene rings is 2. The van der Waals surface area contributed by atoms with Crippen LogP contribution in [-0.2, 0) is 0 Å². The third-order valence-electron chi connectivity index (χ3n) is 2.89. The summed E-state index contributed by atoms with van der Waals surface area (Å²) in [4.78, 5) is 8.48. The van der Waals surface area contributed by atoms with Gasteiger partial charge in [-0.2, -0.15) is 13.2 Å². The van der Waals surface area contributed by atoms with Crippen molar-refractivity contribution in [3.63, 3.8) is 0 Å². The second kappa shape index (κ2) is 5.84. The van der Waals surface area contributed by atoms with Crippen molar-refractivity contribution in [2.75, 3.05) is 5.32 Å². The molecule has 0 saturated heterocycles. The molecule has 3 nitrogen and oxygen atoms in total. The molecule has 0 amide bonds. The van der Waals surface area contributed by atoms with E-state index in [1.807, 2.05) is 24.3 Å². The fourth-order valence-electron chi connectivity index (χ4n) is 1.98. The van der Waals surface area contributed by atoms with Gasteiger partial charge in [-0.15, -0.1) is 0 Å². The molecule has 0 radical (unpaired) electrons. The van der Waals surface area contributed by atoms with Crippen molar-refractivity contribution >= 4 is 34.2 Å². The molecule has 3 aromatic rings. The van der Waals surface area contributed by atoms with E-state index in [-0.39, 0.29) is 16.7 Å². The van der Waals surface area contributed by atoms with Crippen LogP contribution in [0.3, 0.4) is 0 Å². The number of fused-ring (bicyclic) bond motifs is 1. The van der Waals surface area contributed by atoms with E-state index in [9.17, 15) is 13.2 Å². The first-order chi connectivity index (χ1) is 10.5. The highest BCUT2D eigenvalue weighted by Crippen LogP contribution is 2.37. The quantitative estimate of drug-likeness (QED) is 0.690. The number of halogens is 3. The molecule has 1 heterocycles. The van der Waals surface area contributed by atoms with Gasteiger partial charge in [0.2, 0.25) is 0 Å². The average molecular weight is 321 g/mol. The van der Waals surface area contributed by atoms with Crippen LogP contribution in [0.5, 0.6) is 0 Å². The first-order valence-electron chi connectivity index (χ1n) is 6.34. The molecule has 0 atom stereocenters. The largest absolute Gasteiger partial charge is 0.446 e. The summed E-state index contributed by atoms with van der Waals surface area (Å²) in [5.74, 6) is 0.613. The Kier molecular flexibility index (Phi) is 3.89. The van der Waals surface area contributed by atoms with Crippen LogP contribution in [0.4, 0.5) is 24.7 Å². The van der Waals surface area contributed by atoms with E-state index in [2.05, 4.69) is 15.3 Å². The molecule has 0 aliphatic rings. The topological polar surface area (TPSA) is 37.8 Å². The third-order valence-corrected chi connectivity index (χ3v) is 3.63. The summed E-state index contributed by atoms with van der Waals surface area (Å²) in [7, 11) is 0. The van der Waals surface area contributed by atoms with E-state index in [1.165, 1.54) is 18.5 Å². The first-order valence-corrected chi connectivity index (χ1v) is 7.15. The lowest BCUT2D eigenvalue weighted by atomic mass is 10.2. The van der Waals surface area contributed by atoms with Crippen LogP contribution in [0, 0.1) is 0 Å². The highest BCUT2D eigenvalue weighted by Gasteiger charge is 2.28. The fraction of sp³-hybridized carbons (Fsp3) is 0.0667. The van der Waals surface area contributed by atoms with E-state index >= 15 is 0 Å². The van der Waals surface area contributed by atoms with Gasteiger partial charge in [-0.05, 0) is 48.2 Å². The van der Waals surface area contributed by atoms with Crippen molar-refractivity contribution in [2.24, 2.45) is 0 Å². The van der Waals surface area contributed by atoms with Gasteiger partial charge in [0.1, 0.15) is 12.1 Å². The third kappa shape index (κ3) is 3.48. The summed E-state index contributed by atoms with van der Waals surface area (Å²) in [6.07, 6.45) is 1.44. The second-order valence-electron chi connectivity index (χ2n) is 4.44. The zero-order chi connectivity index (χ0) is 15.6. The molecule has 0 saturated carbocycles. The van der Waals surface area contributed by atoms with Crippen molar-refractivity contribution in [3.8, 4) is 0 Å². The van der Waals surface area contributed by atoms with Gasteiger partial charge in [-0.1, -0.05) is 12.1 Å². The molecule has 0 fully saturated rings. The van der Waals surface area contributed by atoms with Gasteiger partial charge >= 0.3 is 5.51 Å². The molecule has 22 heavy (non-hydrogen) atoms. The highest BCUT2D eigenvalue weighted by atomic mass is 32.2. The number of thioether (sulfide) groups is 1.